The smallest absolute Gasteiger partial charge is 0.144 e. The molecule has 1 aromatic heterocycles. The van der Waals surface area contributed by atoms with Crippen molar-refractivity contribution in [2.75, 3.05) is 21.3 Å². The number of ether oxygens (including phenoxy) is 3. The fourth-order valence-corrected chi connectivity index (χ4v) is 4.37. The summed E-state index contributed by atoms with van der Waals surface area (Å²) in [5, 5.41) is 11.7. The quantitative estimate of drug-likeness (QED) is 0.323. The third-order valence-electron chi connectivity index (χ3n) is 5.91. The van der Waals surface area contributed by atoms with E-state index in [1.54, 1.807) is 27.4 Å². The van der Waals surface area contributed by atoms with Gasteiger partial charge in [0.25, 0.3) is 0 Å². The molecule has 0 fully saturated rings. The molecule has 0 aliphatic carbocycles. The van der Waals surface area contributed by atoms with Crippen molar-refractivity contribution in [1.29, 1.82) is 5.26 Å². The van der Waals surface area contributed by atoms with Crippen LogP contribution in [0.25, 0.3) is 38.6 Å². The van der Waals surface area contributed by atoms with Crippen LogP contribution in [0.4, 0.5) is 0 Å². The molecule has 5 rings (SSSR count). The van der Waals surface area contributed by atoms with Crippen molar-refractivity contribution in [1.82, 2.24) is 4.57 Å². The lowest BCUT2D eigenvalue weighted by Crippen LogP contribution is -2.02. The van der Waals surface area contributed by atoms with Gasteiger partial charge in [0, 0.05) is 22.4 Å². The van der Waals surface area contributed by atoms with E-state index in [4.69, 9.17) is 14.2 Å². The Morgan fingerprint density at radius 1 is 0.697 bits per heavy atom. The van der Waals surface area contributed by atoms with Gasteiger partial charge in [-0.15, -0.1) is 0 Å². The zero-order valence-electron chi connectivity index (χ0n) is 18.6. The molecule has 0 bridgehead atoms. The van der Waals surface area contributed by atoms with E-state index in [1.807, 2.05) is 72.8 Å². The molecule has 0 saturated carbocycles. The van der Waals surface area contributed by atoms with Gasteiger partial charge >= 0.3 is 0 Å². The monoisotopic (exact) mass is 434 g/mol. The summed E-state index contributed by atoms with van der Waals surface area (Å²) >= 11 is 0. The maximum atomic E-state index is 9.67. The van der Waals surface area contributed by atoms with Gasteiger partial charge in [-0.1, -0.05) is 30.3 Å². The highest BCUT2D eigenvalue weighted by molar-refractivity contribution is 6.11. The lowest BCUT2D eigenvalue weighted by atomic mass is 10.00. The van der Waals surface area contributed by atoms with E-state index < -0.39 is 0 Å². The molecule has 4 aromatic carbocycles. The Balaban J connectivity index is 1.96. The molecule has 0 radical (unpaired) electrons. The van der Waals surface area contributed by atoms with Gasteiger partial charge in [-0.3, -0.25) is 0 Å². The summed E-state index contributed by atoms with van der Waals surface area (Å²) in [7, 11) is 4.96. The fraction of sp³-hybridized carbons (Fsp3) is 0.107. The molecule has 0 aliphatic heterocycles. The van der Waals surface area contributed by atoms with Crippen LogP contribution in [-0.4, -0.2) is 25.9 Å². The minimum atomic E-state index is 0.540. The first-order chi connectivity index (χ1) is 16.2. The van der Waals surface area contributed by atoms with Crippen LogP contribution in [0.15, 0.2) is 78.9 Å². The van der Waals surface area contributed by atoms with Crippen molar-refractivity contribution >= 4 is 21.8 Å². The molecule has 162 valence electrons. The predicted molar refractivity (Wildman–Crippen MR) is 131 cm³/mol. The van der Waals surface area contributed by atoms with Crippen LogP contribution in [0, 0.1) is 11.3 Å². The topological polar surface area (TPSA) is 56.4 Å². The van der Waals surface area contributed by atoms with Crippen molar-refractivity contribution in [3.8, 4) is 40.1 Å². The number of nitriles is 1. The first kappa shape index (κ1) is 20.5. The van der Waals surface area contributed by atoms with E-state index in [0.717, 1.165) is 50.1 Å². The Hall–Kier alpha value is -4.43. The first-order valence-corrected chi connectivity index (χ1v) is 10.5. The zero-order chi connectivity index (χ0) is 22.9. The molecule has 33 heavy (non-hydrogen) atoms. The van der Waals surface area contributed by atoms with E-state index in [-0.39, 0.29) is 0 Å². The number of hydrogen-bond acceptors (Lipinski definition) is 4. The van der Waals surface area contributed by atoms with Crippen molar-refractivity contribution < 1.29 is 14.2 Å². The van der Waals surface area contributed by atoms with Crippen LogP contribution in [0.5, 0.6) is 17.2 Å². The van der Waals surface area contributed by atoms with Gasteiger partial charge in [0.1, 0.15) is 17.2 Å². The third-order valence-corrected chi connectivity index (χ3v) is 5.91. The molecule has 0 N–H and O–H groups in total. The number of rotatable bonds is 5. The summed E-state index contributed by atoms with van der Waals surface area (Å²) < 4.78 is 19.0. The Kier molecular flexibility index (Phi) is 5.12. The largest absolute Gasteiger partial charge is 0.497 e. The number of aromatic nitrogens is 1. The lowest BCUT2D eigenvalue weighted by molar-refractivity contribution is 0.413. The van der Waals surface area contributed by atoms with Gasteiger partial charge in [-0.25, -0.2) is 0 Å². The van der Waals surface area contributed by atoms with E-state index in [0.29, 0.717) is 11.3 Å². The molecule has 0 saturated heterocycles. The van der Waals surface area contributed by atoms with Crippen molar-refractivity contribution in [2.45, 2.75) is 0 Å². The van der Waals surface area contributed by atoms with Crippen molar-refractivity contribution in [2.24, 2.45) is 0 Å². The number of fused-ring (bicyclic) bond motifs is 3. The number of benzene rings is 4. The zero-order valence-corrected chi connectivity index (χ0v) is 18.6. The highest BCUT2D eigenvalue weighted by atomic mass is 16.5. The van der Waals surface area contributed by atoms with Gasteiger partial charge in [-0.2, -0.15) is 5.26 Å². The Labute approximate surface area is 192 Å². The fourth-order valence-electron chi connectivity index (χ4n) is 4.37. The molecule has 5 aromatic rings. The molecular formula is C28H22N2O3. The maximum Gasteiger partial charge on any atom is 0.144 e. The van der Waals surface area contributed by atoms with Crippen LogP contribution in [-0.2, 0) is 0 Å². The molecular weight excluding hydrogens is 412 g/mol. The molecule has 0 spiro atoms. The summed E-state index contributed by atoms with van der Waals surface area (Å²) in [6.07, 6.45) is 0. The Morgan fingerprint density at radius 2 is 1.30 bits per heavy atom. The third kappa shape index (κ3) is 3.33. The summed E-state index contributed by atoms with van der Waals surface area (Å²) in [6, 6.07) is 28.1. The van der Waals surface area contributed by atoms with Crippen LogP contribution in [0.3, 0.4) is 0 Å². The summed E-state index contributed by atoms with van der Waals surface area (Å²) in [4.78, 5) is 0. The van der Waals surface area contributed by atoms with E-state index in [2.05, 4.69) is 10.6 Å². The van der Waals surface area contributed by atoms with Gasteiger partial charge in [0.05, 0.1) is 49.7 Å². The standard InChI is InChI=1S/C28H22N2O3/c1-31-20-9-11-25-23(15-20)24-16-21(32-2)10-12-26(24)30(25)28-22(19-7-5-4-6-8-19)13-18(17-29)14-27(28)33-3/h4-16H,1-3H3. The van der Waals surface area contributed by atoms with E-state index in [9.17, 15) is 5.26 Å². The number of hydrogen-bond donors (Lipinski definition) is 0. The van der Waals surface area contributed by atoms with Crippen molar-refractivity contribution in [3.63, 3.8) is 0 Å². The summed E-state index contributed by atoms with van der Waals surface area (Å²) in [5.74, 6) is 2.18. The van der Waals surface area contributed by atoms with Crippen LogP contribution < -0.4 is 14.2 Å². The Bertz CT molecular complexity index is 1470. The molecule has 0 amide bonds. The Morgan fingerprint density at radius 3 is 1.82 bits per heavy atom. The van der Waals surface area contributed by atoms with Crippen molar-refractivity contribution in [3.05, 3.63) is 84.4 Å². The van der Waals surface area contributed by atoms with Gasteiger partial charge < -0.3 is 18.8 Å². The van der Waals surface area contributed by atoms with E-state index >= 15 is 0 Å². The predicted octanol–water partition coefficient (Wildman–Crippen LogP) is 6.35. The average molecular weight is 434 g/mol. The molecule has 5 nitrogen and oxygen atoms in total. The highest BCUT2D eigenvalue weighted by Crippen LogP contribution is 2.42. The SMILES string of the molecule is COc1ccc2c(c1)c1cc(OC)ccc1n2-c1c(OC)cc(C#N)cc1-c1ccccc1. The molecule has 0 aliphatic rings. The minimum absolute atomic E-state index is 0.540. The van der Waals surface area contributed by atoms with Gasteiger partial charge in [-0.05, 0) is 48.0 Å². The first-order valence-electron chi connectivity index (χ1n) is 10.5. The van der Waals surface area contributed by atoms with Crippen LogP contribution in [0.2, 0.25) is 0 Å². The number of nitrogens with zero attached hydrogens (tertiary/aromatic N) is 2. The normalized spacial score (nSPS) is 10.8. The number of methoxy groups -OCH3 is 3. The van der Waals surface area contributed by atoms with Crippen LogP contribution in [0.1, 0.15) is 5.56 Å². The minimum Gasteiger partial charge on any atom is -0.497 e. The second-order valence-corrected chi connectivity index (χ2v) is 7.65. The second kappa shape index (κ2) is 8.25. The average Bonchev–Trinajstić information content (AvgIpc) is 3.20. The molecule has 5 heteroatoms. The lowest BCUT2D eigenvalue weighted by Gasteiger charge is -2.18. The van der Waals surface area contributed by atoms with E-state index in [1.165, 1.54) is 0 Å². The molecule has 0 atom stereocenters. The van der Waals surface area contributed by atoms with Gasteiger partial charge in [0.2, 0.25) is 0 Å². The maximum absolute atomic E-state index is 9.67. The van der Waals surface area contributed by atoms with Crippen LogP contribution >= 0.6 is 0 Å². The summed E-state index contributed by atoms with van der Waals surface area (Å²) in [6.45, 7) is 0. The molecule has 1 heterocycles. The molecule has 0 unspecified atom stereocenters. The second-order valence-electron chi connectivity index (χ2n) is 7.65. The highest BCUT2D eigenvalue weighted by Gasteiger charge is 2.21. The summed E-state index contributed by atoms with van der Waals surface area (Å²) in [5.41, 5.74) is 5.33. The van der Waals surface area contributed by atoms with Gasteiger partial charge in [0.15, 0.2) is 0 Å².